The zero-order valence-electron chi connectivity index (χ0n) is 29.4. The average Bonchev–Trinajstić information content (AvgIpc) is 3.69. The number of cyclic esters (lactones) is 1. The third-order valence-electron chi connectivity index (χ3n) is 10.4. The summed E-state index contributed by atoms with van der Waals surface area (Å²) < 4.78 is 13.7. The standard InChI is InChI=1S/C40H44N6O4/c1-6-31-22-44(23-33-36(50-31)14-11-19-41-33)21-30-20-29(16-15-25(30)3)37(32-17-18-34-38(26(32)4)42-43-45(34)7-2)27(5)39(47)46-35(24-49-40(46)48)28-12-9-8-10-13-28/h8-20,27,31,35,37H,6-7,21-24H2,1-5H3/t27?,31-,35+,37?/m1/s1. The van der Waals surface area contributed by atoms with Gasteiger partial charge >= 0.3 is 6.09 Å². The van der Waals surface area contributed by atoms with Gasteiger partial charge in [-0.25, -0.2) is 14.4 Å². The van der Waals surface area contributed by atoms with Crippen LogP contribution >= 0.6 is 0 Å². The Bertz CT molecular complexity index is 2030. The smallest absolute Gasteiger partial charge is 0.417 e. The number of carbonyl (C=O) groups is 2. The van der Waals surface area contributed by atoms with Gasteiger partial charge in [-0.1, -0.05) is 73.7 Å². The minimum atomic E-state index is -0.611. The van der Waals surface area contributed by atoms with Crippen molar-refractivity contribution in [2.24, 2.45) is 5.92 Å². The van der Waals surface area contributed by atoms with Crippen LogP contribution in [-0.4, -0.2) is 61.0 Å². The Morgan fingerprint density at radius 3 is 2.62 bits per heavy atom. The van der Waals surface area contributed by atoms with Crippen molar-refractivity contribution in [3.8, 4) is 5.75 Å². The topological polar surface area (TPSA) is 103 Å². The maximum atomic E-state index is 14.6. The first-order chi connectivity index (χ1) is 24.3. The first-order valence-electron chi connectivity index (χ1n) is 17.6. The van der Waals surface area contributed by atoms with Crippen LogP contribution < -0.4 is 4.74 Å². The third kappa shape index (κ3) is 6.24. The molecule has 4 atom stereocenters. The molecule has 0 aliphatic carbocycles. The van der Waals surface area contributed by atoms with Gasteiger partial charge in [0.05, 0.1) is 11.2 Å². The Hall–Kier alpha value is -5.09. The van der Waals surface area contributed by atoms with Gasteiger partial charge in [-0.15, -0.1) is 5.10 Å². The van der Waals surface area contributed by atoms with E-state index in [4.69, 9.17) is 9.47 Å². The first-order valence-corrected chi connectivity index (χ1v) is 17.6. The summed E-state index contributed by atoms with van der Waals surface area (Å²) in [4.78, 5) is 36.2. The maximum Gasteiger partial charge on any atom is 0.417 e. The van der Waals surface area contributed by atoms with Gasteiger partial charge < -0.3 is 9.47 Å². The minimum Gasteiger partial charge on any atom is -0.487 e. The second-order valence-electron chi connectivity index (χ2n) is 13.5. The number of hydrogen-bond acceptors (Lipinski definition) is 8. The normalized spacial score (nSPS) is 19.1. The van der Waals surface area contributed by atoms with Crippen LogP contribution in [0.25, 0.3) is 11.0 Å². The number of carbonyl (C=O) groups excluding carboxylic acids is 2. The quantitative estimate of drug-likeness (QED) is 0.163. The van der Waals surface area contributed by atoms with Crippen molar-refractivity contribution in [1.82, 2.24) is 29.8 Å². The van der Waals surface area contributed by atoms with E-state index < -0.39 is 18.1 Å². The molecule has 2 unspecified atom stereocenters. The molecule has 2 aliphatic rings. The highest BCUT2D eigenvalue weighted by molar-refractivity contribution is 5.95. The second kappa shape index (κ2) is 14.0. The summed E-state index contributed by atoms with van der Waals surface area (Å²) in [5, 5.41) is 8.92. The summed E-state index contributed by atoms with van der Waals surface area (Å²) in [6.45, 7) is 13.3. The predicted molar refractivity (Wildman–Crippen MR) is 191 cm³/mol. The molecule has 3 aromatic carbocycles. The molecule has 1 saturated heterocycles. The number of imide groups is 1. The summed E-state index contributed by atoms with van der Waals surface area (Å²) in [6, 6.07) is 23.7. The van der Waals surface area contributed by atoms with Gasteiger partial charge in [0.2, 0.25) is 5.91 Å². The highest BCUT2D eigenvalue weighted by atomic mass is 16.6. The monoisotopic (exact) mass is 672 g/mol. The minimum absolute atomic E-state index is 0.0537. The van der Waals surface area contributed by atoms with E-state index in [9.17, 15) is 9.59 Å². The second-order valence-corrected chi connectivity index (χ2v) is 13.5. The molecule has 258 valence electrons. The molecule has 0 bridgehead atoms. The van der Waals surface area contributed by atoms with Crippen LogP contribution in [0.4, 0.5) is 4.79 Å². The van der Waals surface area contributed by atoms with Crippen molar-refractivity contribution >= 4 is 23.0 Å². The molecule has 1 fully saturated rings. The molecule has 0 N–H and O–H groups in total. The highest BCUT2D eigenvalue weighted by Gasteiger charge is 2.43. The number of nitrogens with zero attached hydrogens (tertiary/aromatic N) is 6. The number of ether oxygens (including phenoxy) is 2. The summed E-state index contributed by atoms with van der Waals surface area (Å²) in [7, 11) is 0. The Labute approximate surface area is 293 Å². The Morgan fingerprint density at radius 1 is 1.02 bits per heavy atom. The molecule has 2 aromatic heterocycles. The molecular weight excluding hydrogens is 628 g/mol. The summed E-state index contributed by atoms with van der Waals surface area (Å²) in [5.74, 6) is -0.406. The number of fused-ring (bicyclic) bond motifs is 2. The summed E-state index contributed by atoms with van der Waals surface area (Å²) in [5.41, 5.74) is 8.83. The summed E-state index contributed by atoms with van der Waals surface area (Å²) in [6.07, 6.45) is 2.15. The predicted octanol–water partition coefficient (Wildman–Crippen LogP) is 7.12. The zero-order chi connectivity index (χ0) is 34.9. The van der Waals surface area contributed by atoms with Gasteiger partial charge in [-0.2, -0.15) is 0 Å². The first kappa shape index (κ1) is 33.4. The third-order valence-corrected chi connectivity index (χ3v) is 10.4. The van der Waals surface area contributed by atoms with Gasteiger partial charge in [0.15, 0.2) is 0 Å². The number of amides is 2. The number of hydrogen-bond donors (Lipinski definition) is 0. The SMILES string of the molecule is CC[C@@H]1CN(Cc2cc(C(c3ccc4c(nnn4CC)c3C)C(C)C(=O)N3C(=O)OC[C@H]3c3ccccc3)ccc2C)Cc2ncccc2O1. The molecule has 4 heterocycles. The zero-order valence-corrected chi connectivity index (χ0v) is 29.4. The molecule has 2 amide bonds. The van der Waals surface area contributed by atoms with Gasteiger partial charge in [-0.05, 0) is 78.8 Å². The van der Waals surface area contributed by atoms with E-state index >= 15 is 0 Å². The van der Waals surface area contributed by atoms with E-state index in [0.717, 1.165) is 63.3 Å². The van der Waals surface area contributed by atoms with E-state index in [1.54, 1.807) is 0 Å². The van der Waals surface area contributed by atoms with Crippen LogP contribution in [0.3, 0.4) is 0 Å². The van der Waals surface area contributed by atoms with Gasteiger partial charge in [0.1, 0.15) is 30.0 Å². The van der Waals surface area contributed by atoms with Crippen LogP contribution in [0.2, 0.25) is 0 Å². The maximum absolute atomic E-state index is 14.6. The lowest BCUT2D eigenvalue weighted by Gasteiger charge is -2.31. The van der Waals surface area contributed by atoms with E-state index in [1.807, 2.05) is 73.3 Å². The number of aryl methyl sites for hydroxylation is 3. The van der Waals surface area contributed by atoms with Crippen LogP contribution in [0.5, 0.6) is 5.75 Å². The van der Waals surface area contributed by atoms with Crippen molar-refractivity contribution in [3.63, 3.8) is 0 Å². The van der Waals surface area contributed by atoms with Crippen molar-refractivity contribution < 1.29 is 19.1 Å². The lowest BCUT2D eigenvalue weighted by atomic mass is 9.78. The molecule has 0 radical (unpaired) electrons. The van der Waals surface area contributed by atoms with Gasteiger partial charge in [0.25, 0.3) is 0 Å². The number of rotatable bonds is 9. The van der Waals surface area contributed by atoms with Gasteiger partial charge in [0, 0.05) is 44.2 Å². The van der Waals surface area contributed by atoms with E-state index in [1.165, 1.54) is 10.5 Å². The lowest BCUT2D eigenvalue weighted by Crippen LogP contribution is -2.40. The van der Waals surface area contributed by atoms with Crippen LogP contribution in [0.1, 0.15) is 78.2 Å². The van der Waals surface area contributed by atoms with Gasteiger partial charge in [-0.3, -0.25) is 14.7 Å². The van der Waals surface area contributed by atoms with Crippen LogP contribution in [0.15, 0.2) is 79.0 Å². The Balaban J connectivity index is 1.29. The molecule has 2 aliphatic heterocycles. The number of benzene rings is 3. The van der Waals surface area contributed by atoms with Crippen molar-refractivity contribution in [3.05, 3.63) is 118 Å². The van der Waals surface area contributed by atoms with Crippen molar-refractivity contribution in [1.29, 1.82) is 0 Å². The van der Waals surface area contributed by atoms with Crippen molar-refractivity contribution in [2.75, 3.05) is 13.2 Å². The van der Waals surface area contributed by atoms with E-state index in [2.05, 4.69) is 65.2 Å². The van der Waals surface area contributed by atoms with E-state index in [0.29, 0.717) is 19.6 Å². The fraction of sp³-hybridized carbons (Fsp3) is 0.375. The molecule has 7 rings (SSSR count). The molecule has 0 spiro atoms. The molecular formula is C40H44N6O4. The number of pyridine rings is 1. The molecule has 10 nitrogen and oxygen atoms in total. The molecule has 50 heavy (non-hydrogen) atoms. The summed E-state index contributed by atoms with van der Waals surface area (Å²) >= 11 is 0. The average molecular weight is 673 g/mol. The lowest BCUT2D eigenvalue weighted by molar-refractivity contribution is -0.133. The Kier molecular flexibility index (Phi) is 9.38. The Morgan fingerprint density at radius 2 is 1.84 bits per heavy atom. The van der Waals surface area contributed by atoms with Crippen LogP contribution in [0, 0.1) is 19.8 Å². The highest BCUT2D eigenvalue weighted by Crippen LogP contribution is 2.40. The fourth-order valence-corrected chi connectivity index (χ4v) is 7.50. The van der Waals surface area contributed by atoms with Crippen LogP contribution in [-0.2, 0) is 29.2 Å². The molecule has 10 heteroatoms. The largest absolute Gasteiger partial charge is 0.487 e. The number of aromatic nitrogens is 4. The van der Waals surface area contributed by atoms with Crippen molar-refractivity contribution in [2.45, 2.75) is 78.7 Å². The van der Waals surface area contributed by atoms with E-state index in [-0.39, 0.29) is 24.5 Å². The molecule has 0 saturated carbocycles. The fourth-order valence-electron chi connectivity index (χ4n) is 7.50. The molecule has 5 aromatic rings.